The van der Waals surface area contributed by atoms with Crippen LogP contribution in [-0.2, 0) is 14.8 Å². The summed E-state index contributed by atoms with van der Waals surface area (Å²) in [6, 6.07) is 13.2. The van der Waals surface area contributed by atoms with Crippen molar-refractivity contribution < 1.29 is 22.7 Å². The summed E-state index contributed by atoms with van der Waals surface area (Å²) in [6.07, 6.45) is -0.816. The summed E-state index contributed by atoms with van der Waals surface area (Å²) in [5.74, 6) is 0.678. The van der Waals surface area contributed by atoms with Gasteiger partial charge in [-0.25, -0.2) is 12.7 Å². The van der Waals surface area contributed by atoms with Crippen molar-refractivity contribution in [2.75, 3.05) is 26.0 Å². The lowest BCUT2D eigenvalue weighted by molar-refractivity contribution is -0.125. The van der Waals surface area contributed by atoms with Crippen molar-refractivity contribution in [3.63, 3.8) is 0 Å². The average molecular weight is 362 g/mol. The van der Waals surface area contributed by atoms with E-state index in [0.717, 1.165) is 4.31 Å². The highest BCUT2D eigenvalue weighted by molar-refractivity contribution is 7.89. The lowest BCUT2D eigenvalue weighted by Gasteiger charge is -2.25. The number of para-hydroxylation sites is 2. The Balaban J connectivity index is 1.74. The molecule has 7 nitrogen and oxygen atoms in total. The van der Waals surface area contributed by atoms with E-state index in [1.54, 1.807) is 30.3 Å². The van der Waals surface area contributed by atoms with Crippen molar-refractivity contribution in [3.8, 4) is 11.5 Å². The van der Waals surface area contributed by atoms with E-state index < -0.39 is 22.0 Å². The van der Waals surface area contributed by atoms with Gasteiger partial charge >= 0.3 is 0 Å². The zero-order valence-electron chi connectivity index (χ0n) is 13.8. The van der Waals surface area contributed by atoms with Crippen LogP contribution >= 0.6 is 0 Å². The van der Waals surface area contributed by atoms with E-state index in [4.69, 9.17) is 9.47 Å². The number of sulfonamides is 1. The first-order chi connectivity index (χ1) is 11.9. The minimum atomic E-state index is -3.57. The number of anilines is 1. The fourth-order valence-corrected chi connectivity index (χ4v) is 3.26. The summed E-state index contributed by atoms with van der Waals surface area (Å²) in [5, 5.41) is 2.67. The van der Waals surface area contributed by atoms with Crippen molar-refractivity contribution in [2.24, 2.45) is 0 Å². The second-order valence-corrected chi connectivity index (χ2v) is 7.82. The van der Waals surface area contributed by atoms with Crippen molar-refractivity contribution in [2.45, 2.75) is 11.0 Å². The third kappa shape index (κ3) is 3.59. The fourth-order valence-electron chi connectivity index (χ4n) is 2.32. The van der Waals surface area contributed by atoms with Gasteiger partial charge in [-0.2, -0.15) is 0 Å². The quantitative estimate of drug-likeness (QED) is 0.895. The number of nitrogens with zero attached hydrogens (tertiary/aromatic N) is 1. The molecule has 2 aromatic carbocycles. The molecule has 1 amide bonds. The molecule has 2 aromatic rings. The van der Waals surface area contributed by atoms with Gasteiger partial charge in [0, 0.05) is 19.8 Å². The maximum absolute atomic E-state index is 12.4. The van der Waals surface area contributed by atoms with Crippen LogP contribution in [0.1, 0.15) is 0 Å². The molecule has 0 radical (unpaired) electrons. The number of hydrogen-bond donors (Lipinski definition) is 1. The van der Waals surface area contributed by atoms with Crippen molar-refractivity contribution in [1.29, 1.82) is 0 Å². The predicted octanol–water partition coefficient (Wildman–Crippen LogP) is 1.72. The van der Waals surface area contributed by atoms with E-state index in [9.17, 15) is 13.2 Å². The van der Waals surface area contributed by atoms with Gasteiger partial charge in [-0.3, -0.25) is 4.79 Å². The number of fused-ring (bicyclic) bond motifs is 1. The summed E-state index contributed by atoms with van der Waals surface area (Å²) in [4.78, 5) is 12.5. The first-order valence-electron chi connectivity index (χ1n) is 7.60. The normalized spacial score (nSPS) is 16.5. The molecule has 0 aromatic heterocycles. The molecule has 0 bridgehead atoms. The van der Waals surface area contributed by atoms with Crippen LogP contribution < -0.4 is 14.8 Å². The van der Waals surface area contributed by atoms with Gasteiger partial charge in [0.15, 0.2) is 11.5 Å². The van der Waals surface area contributed by atoms with Crippen molar-refractivity contribution in [1.82, 2.24) is 4.31 Å². The van der Waals surface area contributed by atoms with Gasteiger partial charge in [-0.05, 0) is 30.3 Å². The zero-order chi connectivity index (χ0) is 18.0. The first kappa shape index (κ1) is 17.2. The predicted molar refractivity (Wildman–Crippen MR) is 92.3 cm³/mol. The number of amides is 1. The lowest BCUT2D eigenvalue weighted by Crippen LogP contribution is -2.40. The number of benzene rings is 2. The van der Waals surface area contributed by atoms with Crippen LogP contribution in [0.25, 0.3) is 0 Å². The number of hydrogen-bond acceptors (Lipinski definition) is 5. The van der Waals surface area contributed by atoms with Crippen LogP contribution in [0.15, 0.2) is 53.4 Å². The molecule has 1 N–H and O–H groups in total. The maximum atomic E-state index is 12.4. The Hall–Kier alpha value is -2.58. The Bertz CT molecular complexity index is 895. The van der Waals surface area contributed by atoms with E-state index in [2.05, 4.69) is 5.32 Å². The summed E-state index contributed by atoms with van der Waals surface area (Å²) in [7, 11) is -0.675. The average Bonchev–Trinajstić information content (AvgIpc) is 2.61. The van der Waals surface area contributed by atoms with Crippen LogP contribution in [0.2, 0.25) is 0 Å². The first-order valence-corrected chi connectivity index (χ1v) is 9.04. The molecule has 0 fully saturated rings. The van der Waals surface area contributed by atoms with E-state index in [1.807, 2.05) is 6.07 Å². The van der Waals surface area contributed by atoms with Gasteiger partial charge in [0.05, 0.1) is 4.90 Å². The Morgan fingerprint density at radius 2 is 1.84 bits per heavy atom. The van der Waals surface area contributed by atoms with Crippen molar-refractivity contribution >= 4 is 21.6 Å². The third-order valence-electron chi connectivity index (χ3n) is 3.68. The summed E-state index contributed by atoms with van der Waals surface area (Å²) in [5.41, 5.74) is 0.371. The van der Waals surface area contributed by atoms with Crippen LogP contribution in [0, 0.1) is 0 Å². The fraction of sp³-hybridized carbons (Fsp3) is 0.235. The molecular weight excluding hydrogens is 344 g/mol. The van der Waals surface area contributed by atoms with Gasteiger partial charge in [0.1, 0.15) is 6.61 Å². The van der Waals surface area contributed by atoms with Gasteiger partial charge in [0.25, 0.3) is 5.91 Å². The molecule has 0 aliphatic carbocycles. The van der Waals surface area contributed by atoms with E-state index in [0.29, 0.717) is 17.2 Å². The number of carbonyl (C=O) groups is 1. The molecule has 0 saturated carbocycles. The van der Waals surface area contributed by atoms with E-state index in [1.165, 1.54) is 26.2 Å². The molecule has 1 aliphatic rings. The molecule has 8 heteroatoms. The third-order valence-corrected chi connectivity index (χ3v) is 5.49. The second-order valence-electron chi connectivity index (χ2n) is 5.67. The van der Waals surface area contributed by atoms with E-state index in [-0.39, 0.29) is 11.5 Å². The van der Waals surface area contributed by atoms with Gasteiger partial charge in [-0.15, -0.1) is 0 Å². The van der Waals surface area contributed by atoms with Gasteiger partial charge in [-0.1, -0.05) is 18.2 Å². The summed E-state index contributed by atoms with van der Waals surface area (Å²) < 4.78 is 36.6. The number of nitrogens with one attached hydrogen (secondary N) is 1. The highest BCUT2D eigenvalue weighted by Crippen LogP contribution is 2.31. The highest BCUT2D eigenvalue weighted by Gasteiger charge is 2.27. The van der Waals surface area contributed by atoms with Crippen LogP contribution in [-0.4, -0.2) is 45.4 Å². The molecule has 1 atom stereocenters. The molecule has 3 rings (SSSR count). The Kier molecular flexibility index (Phi) is 4.65. The maximum Gasteiger partial charge on any atom is 0.269 e. The second kappa shape index (κ2) is 6.73. The Morgan fingerprint density at radius 1 is 1.12 bits per heavy atom. The number of carbonyl (C=O) groups excluding carboxylic acids is 1. The molecule has 1 heterocycles. The van der Waals surface area contributed by atoms with Gasteiger partial charge < -0.3 is 14.8 Å². The minimum absolute atomic E-state index is 0.0819. The number of rotatable bonds is 4. The molecule has 1 aliphatic heterocycles. The molecule has 0 unspecified atom stereocenters. The SMILES string of the molecule is CN(C)S(=O)(=O)c1cccc(NC(=O)[C@H]2COc3ccccc3O2)c1. The van der Waals surface area contributed by atoms with Crippen LogP contribution in [0.4, 0.5) is 5.69 Å². The lowest BCUT2D eigenvalue weighted by atomic mass is 10.2. The monoisotopic (exact) mass is 362 g/mol. The van der Waals surface area contributed by atoms with Crippen LogP contribution in [0.5, 0.6) is 11.5 Å². The molecule has 0 saturated heterocycles. The molecule has 0 spiro atoms. The topological polar surface area (TPSA) is 84.9 Å². The van der Waals surface area contributed by atoms with E-state index >= 15 is 0 Å². The number of ether oxygens (including phenoxy) is 2. The smallest absolute Gasteiger partial charge is 0.269 e. The molecule has 132 valence electrons. The Labute approximate surface area is 146 Å². The zero-order valence-corrected chi connectivity index (χ0v) is 14.6. The highest BCUT2D eigenvalue weighted by atomic mass is 32.2. The standard InChI is InChI=1S/C17H18N2O5S/c1-19(2)25(21,22)13-7-5-6-12(10-13)18-17(20)16-11-23-14-8-3-4-9-15(14)24-16/h3-10,16H,11H2,1-2H3,(H,18,20)/t16-/m1/s1. The van der Waals surface area contributed by atoms with Crippen molar-refractivity contribution in [3.05, 3.63) is 48.5 Å². The molecular formula is C17H18N2O5S. The summed E-state index contributed by atoms with van der Waals surface area (Å²) >= 11 is 0. The van der Waals surface area contributed by atoms with Crippen LogP contribution in [0.3, 0.4) is 0 Å². The largest absolute Gasteiger partial charge is 0.485 e. The summed E-state index contributed by atoms with van der Waals surface area (Å²) in [6.45, 7) is 0.0819. The van der Waals surface area contributed by atoms with Gasteiger partial charge in [0.2, 0.25) is 16.1 Å². The molecule has 25 heavy (non-hydrogen) atoms. The minimum Gasteiger partial charge on any atom is -0.485 e. The Morgan fingerprint density at radius 3 is 2.56 bits per heavy atom.